The van der Waals surface area contributed by atoms with Crippen LogP contribution in [0.5, 0.6) is 5.75 Å². The van der Waals surface area contributed by atoms with E-state index in [4.69, 9.17) is 4.74 Å². The van der Waals surface area contributed by atoms with E-state index in [9.17, 15) is 22.8 Å². The van der Waals surface area contributed by atoms with Crippen LogP contribution in [-0.4, -0.2) is 45.5 Å². The molecule has 0 saturated heterocycles. The fourth-order valence-electron chi connectivity index (χ4n) is 2.56. The number of anilines is 1. The Hall–Kier alpha value is -3.40. The second-order valence-electron chi connectivity index (χ2n) is 6.04. The summed E-state index contributed by atoms with van der Waals surface area (Å²) in [7, 11) is -3.37. The van der Waals surface area contributed by atoms with Gasteiger partial charge in [0.25, 0.3) is 17.7 Å². The zero-order valence-corrected chi connectivity index (χ0v) is 15.7. The summed E-state index contributed by atoms with van der Waals surface area (Å²) < 4.78 is 28.2. The average molecular weight is 403 g/mol. The summed E-state index contributed by atoms with van der Waals surface area (Å²) in [6.45, 7) is -0.476. The first-order valence-corrected chi connectivity index (χ1v) is 10.1. The molecule has 28 heavy (non-hydrogen) atoms. The van der Waals surface area contributed by atoms with Crippen LogP contribution in [-0.2, 0) is 19.4 Å². The maximum absolute atomic E-state index is 12.1. The minimum atomic E-state index is -3.37. The van der Waals surface area contributed by atoms with Crippen molar-refractivity contribution in [2.75, 3.05) is 24.3 Å². The fourth-order valence-corrected chi connectivity index (χ4v) is 3.19. The van der Waals surface area contributed by atoms with Crippen molar-refractivity contribution in [1.29, 1.82) is 0 Å². The first-order chi connectivity index (χ1) is 13.3. The summed E-state index contributed by atoms with van der Waals surface area (Å²) in [5.74, 6) is -1.12. The van der Waals surface area contributed by atoms with Gasteiger partial charge in [-0.3, -0.25) is 30.1 Å². The van der Waals surface area contributed by atoms with Gasteiger partial charge in [0.1, 0.15) is 12.3 Å². The molecule has 3 amide bonds. The van der Waals surface area contributed by atoms with E-state index in [1.165, 1.54) is 29.2 Å². The molecule has 0 aromatic heterocycles. The maximum atomic E-state index is 12.1. The van der Waals surface area contributed by atoms with Gasteiger partial charge in [-0.05, 0) is 36.4 Å². The Morgan fingerprint density at radius 2 is 1.75 bits per heavy atom. The van der Waals surface area contributed by atoms with Gasteiger partial charge in [-0.15, -0.1) is 0 Å². The number of carbonyl (C=O) groups excluding carboxylic acids is 3. The van der Waals surface area contributed by atoms with Gasteiger partial charge < -0.3 is 4.74 Å². The molecule has 2 aromatic carbocycles. The molecule has 10 heteroatoms. The van der Waals surface area contributed by atoms with E-state index in [2.05, 4.69) is 10.9 Å². The summed E-state index contributed by atoms with van der Waals surface area (Å²) in [6.07, 6.45) is 1.06. The number of carbonyl (C=O) groups is 3. The Morgan fingerprint density at radius 3 is 2.43 bits per heavy atom. The summed E-state index contributed by atoms with van der Waals surface area (Å²) >= 11 is 0. The van der Waals surface area contributed by atoms with Crippen molar-refractivity contribution < 1.29 is 27.5 Å². The topological polar surface area (TPSA) is 122 Å². The lowest BCUT2D eigenvalue weighted by molar-refractivity contribution is -0.125. The number of hydrogen-bond acceptors (Lipinski definition) is 6. The number of rotatable bonds is 4. The monoisotopic (exact) mass is 403 g/mol. The molecule has 0 radical (unpaired) electrons. The van der Waals surface area contributed by atoms with Crippen LogP contribution in [0.4, 0.5) is 5.69 Å². The molecule has 0 saturated carbocycles. The number of benzene rings is 2. The molecule has 2 N–H and O–H groups in total. The molecule has 1 heterocycles. The van der Waals surface area contributed by atoms with Crippen molar-refractivity contribution in [2.24, 2.45) is 0 Å². The summed E-state index contributed by atoms with van der Waals surface area (Å²) in [6, 6.07) is 12.1. The molecule has 0 bridgehead atoms. The third-order valence-electron chi connectivity index (χ3n) is 3.97. The Morgan fingerprint density at radius 1 is 1.07 bits per heavy atom. The lowest BCUT2D eigenvalue weighted by Crippen LogP contribution is -2.49. The second-order valence-corrected chi connectivity index (χ2v) is 8.05. The van der Waals surface area contributed by atoms with Gasteiger partial charge in [0.2, 0.25) is 0 Å². The standard InChI is InChI=1S/C18H17N3O6S/c1-28(25,26)13-8-6-12(7-9-13)18(24)20-19-16(22)10-21-14-4-2-3-5-15(14)27-11-17(21)23/h2-9H,10-11H2,1H3,(H,19,22)(H,20,24). The fraction of sp³-hybridized carbons (Fsp3) is 0.167. The highest BCUT2D eigenvalue weighted by Gasteiger charge is 2.27. The zero-order chi connectivity index (χ0) is 20.3. The molecule has 0 fully saturated rings. The van der Waals surface area contributed by atoms with Crippen LogP contribution < -0.4 is 20.5 Å². The van der Waals surface area contributed by atoms with Crippen LogP contribution in [0.15, 0.2) is 53.4 Å². The average Bonchev–Trinajstić information content (AvgIpc) is 2.68. The van der Waals surface area contributed by atoms with E-state index >= 15 is 0 Å². The highest BCUT2D eigenvalue weighted by Crippen LogP contribution is 2.31. The molecule has 1 aliphatic rings. The van der Waals surface area contributed by atoms with Gasteiger partial charge in [-0.2, -0.15) is 0 Å². The molecule has 0 spiro atoms. The molecule has 2 aromatic rings. The van der Waals surface area contributed by atoms with Gasteiger partial charge in [-0.1, -0.05) is 12.1 Å². The molecular formula is C18H17N3O6S. The van der Waals surface area contributed by atoms with E-state index in [0.29, 0.717) is 11.4 Å². The normalized spacial score (nSPS) is 13.3. The van der Waals surface area contributed by atoms with Crippen LogP contribution in [0.1, 0.15) is 10.4 Å². The smallest absolute Gasteiger partial charge is 0.269 e. The number of hydrogen-bond donors (Lipinski definition) is 2. The highest BCUT2D eigenvalue weighted by molar-refractivity contribution is 7.90. The largest absolute Gasteiger partial charge is 0.482 e. The molecular weight excluding hydrogens is 386 g/mol. The molecule has 9 nitrogen and oxygen atoms in total. The number of sulfone groups is 1. The predicted octanol–water partition coefficient (Wildman–Crippen LogP) is 0.277. The van der Waals surface area contributed by atoms with E-state index < -0.39 is 21.7 Å². The van der Waals surface area contributed by atoms with Crippen molar-refractivity contribution in [3.63, 3.8) is 0 Å². The Bertz CT molecular complexity index is 1030. The Labute approximate surface area is 161 Å². The first-order valence-electron chi connectivity index (χ1n) is 8.17. The Kier molecular flexibility index (Phi) is 5.32. The van der Waals surface area contributed by atoms with E-state index in [1.807, 2.05) is 0 Å². The SMILES string of the molecule is CS(=O)(=O)c1ccc(C(=O)NNC(=O)CN2C(=O)COc3ccccc32)cc1. The molecule has 3 rings (SSSR count). The number of fused-ring (bicyclic) bond motifs is 1. The zero-order valence-electron chi connectivity index (χ0n) is 14.8. The number of amides is 3. The van der Waals surface area contributed by atoms with Crippen molar-refractivity contribution in [3.05, 3.63) is 54.1 Å². The summed E-state index contributed by atoms with van der Waals surface area (Å²) in [5, 5.41) is 0. The lowest BCUT2D eigenvalue weighted by Gasteiger charge is -2.28. The number of hydrazine groups is 1. The third-order valence-corrected chi connectivity index (χ3v) is 5.10. The maximum Gasteiger partial charge on any atom is 0.269 e. The predicted molar refractivity (Wildman–Crippen MR) is 99.5 cm³/mol. The van der Waals surface area contributed by atoms with E-state index in [0.717, 1.165) is 6.26 Å². The van der Waals surface area contributed by atoms with Crippen molar-refractivity contribution in [1.82, 2.24) is 10.9 Å². The van der Waals surface area contributed by atoms with Crippen molar-refractivity contribution in [2.45, 2.75) is 4.90 Å². The van der Waals surface area contributed by atoms with Gasteiger partial charge in [0, 0.05) is 11.8 Å². The molecule has 0 unspecified atom stereocenters. The quantitative estimate of drug-likeness (QED) is 0.707. The molecule has 0 aliphatic carbocycles. The lowest BCUT2D eigenvalue weighted by atomic mass is 10.2. The van der Waals surface area contributed by atoms with Crippen molar-refractivity contribution >= 4 is 33.2 Å². The second kappa shape index (κ2) is 7.69. The van der Waals surface area contributed by atoms with E-state index in [-0.39, 0.29) is 29.5 Å². The van der Waals surface area contributed by atoms with E-state index in [1.54, 1.807) is 24.3 Å². The Balaban J connectivity index is 1.60. The molecule has 1 aliphatic heterocycles. The number of nitrogens with zero attached hydrogens (tertiary/aromatic N) is 1. The number of nitrogens with one attached hydrogen (secondary N) is 2. The first kappa shape index (κ1) is 19.4. The number of ether oxygens (including phenoxy) is 1. The van der Waals surface area contributed by atoms with Gasteiger partial charge >= 0.3 is 0 Å². The summed E-state index contributed by atoms with van der Waals surface area (Å²) in [5.41, 5.74) is 5.10. The highest BCUT2D eigenvalue weighted by atomic mass is 32.2. The van der Waals surface area contributed by atoms with Crippen LogP contribution >= 0.6 is 0 Å². The van der Waals surface area contributed by atoms with Crippen LogP contribution in [0.25, 0.3) is 0 Å². The summed E-state index contributed by atoms with van der Waals surface area (Å²) in [4.78, 5) is 37.6. The van der Waals surface area contributed by atoms with Crippen LogP contribution in [0.3, 0.4) is 0 Å². The minimum Gasteiger partial charge on any atom is -0.482 e. The van der Waals surface area contributed by atoms with Gasteiger partial charge in [0.05, 0.1) is 10.6 Å². The van der Waals surface area contributed by atoms with Crippen LogP contribution in [0, 0.1) is 0 Å². The minimum absolute atomic E-state index is 0.0811. The van der Waals surface area contributed by atoms with Gasteiger partial charge in [-0.25, -0.2) is 8.42 Å². The number of para-hydroxylation sites is 2. The van der Waals surface area contributed by atoms with Crippen molar-refractivity contribution in [3.8, 4) is 5.75 Å². The van der Waals surface area contributed by atoms with Crippen LogP contribution in [0.2, 0.25) is 0 Å². The third kappa shape index (κ3) is 4.29. The van der Waals surface area contributed by atoms with Gasteiger partial charge in [0.15, 0.2) is 16.4 Å². The molecule has 146 valence electrons. The molecule has 0 atom stereocenters.